The number of hydrogen-bond acceptors (Lipinski definition) is 2. The van der Waals surface area contributed by atoms with Crippen LogP contribution in [0.15, 0.2) is 84.9 Å². The summed E-state index contributed by atoms with van der Waals surface area (Å²) in [6.07, 6.45) is 0. The van der Waals surface area contributed by atoms with Gasteiger partial charge in [-0.15, -0.1) is 0 Å². The molecule has 0 aliphatic carbocycles. The van der Waals surface area contributed by atoms with Crippen LogP contribution >= 0.6 is 0 Å². The summed E-state index contributed by atoms with van der Waals surface area (Å²) in [5, 5.41) is 5.20. The van der Waals surface area contributed by atoms with Crippen LogP contribution in [0.3, 0.4) is 0 Å². The van der Waals surface area contributed by atoms with Gasteiger partial charge in [0.2, 0.25) is 0 Å². The lowest BCUT2D eigenvalue weighted by atomic mass is 9.94. The summed E-state index contributed by atoms with van der Waals surface area (Å²) in [6, 6.07) is 30.2. The molecule has 0 bridgehead atoms. The van der Waals surface area contributed by atoms with Gasteiger partial charge in [-0.1, -0.05) is 84.9 Å². The summed E-state index contributed by atoms with van der Waals surface area (Å²) in [5.41, 5.74) is 2.61. The Bertz CT molecular complexity index is 825. The third-order valence-corrected chi connectivity index (χ3v) is 3.87. The number of hydrazine groups is 1. The molecule has 108 valence electrons. The van der Waals surface area contributed by atoms with Crippen LogP contribution in [0.2, 0.25) is 0 Å². The van der Waals surface area contributed by atoms with Crippen LogP contribution in [-0.4, -0.2) is 0 Å². The van der Waals surface area contributed by atoms with Gasteiger partial charge in [-0.3, -0.25) is 11.7 Å². The fraction of sp³-hybridized carbons (Fsp3) is 0. The van der Waals surface area contributed by atoms with E-state index in [-0.39, 0.29) is 0 Å². The van der Waals surface area contributed by atoms with E-state index in [4.69, 9.17) is 0 Å². The molecule has 0 amide bonds. The Hall–Kier alpha value is -2.68. The minimum Gasteiger partial charge on any atom is -0.274 e. The highest BCUT2D eigenvalue weighted by atomic mass is 15.0. The molecule has 0 fully saturated rings. The normalized spacial score (nSPS) is 10.3. The molecule has 4 aromatic rings. The Balaban J connectivity index is 0.000000693. The van der Waals surface area contributed by atoms with Crippen LogP contribution in [0.5, 0.6) is 0 Å². The second-order valence-electron chi connectivity index (χ2n) is 5.05. The average molecular weight is 286 g/mol. The lowest BCUT2D eigenvalue weighted by Gasteiger charge is -2.10. The maximum atomic E-state index is 4.00. The summed E-state index contributed by atoms with van der Waals surface area (Å²) < 4.78 is 0. The SMILES string of the molecule is NN.c1ccc2c(-c3cccc4ccccc34)cccc2c1. The summed E-state index contributed by atoms with van der Waals surface area (Å²) in [6.45, 7) is 0. The second kappa shape index (κ2) is 6.39. The minimum absolute atomic E-state index is 1.29. The molecule has 2 nitrogen and oxygen atoms in total. The minimum atomic E-state index is 1.29. The molecular formula is C20H18N2. The number of benzene rings is 4. The molecule has 0 atom stereocenters. The molecule has 0 unspecified atom stereocenters. The van der Waals surface area contributed by atoms with Crippen molar-refractivity contribution in [1.29, 1.82) is 0 Å². The van der Waals surface area contributed by atoms with Crippen molar-refractivity contribution < 1.29 is 0 Å². The predicted molar refractivity (Wildman–Crippen MR) is 95.3 cm³/mol. The largest absolute Gasteiger partial charge is 0.274 e. The molecule has 2 heteroatoms. The fourth-order valence-corrected chi connectivity index (χ4v) is 2.92. The molecule has 4 rings (SSSR count). The van der Waals surface area contributed by atoms with Crippen LogP contribution in [0.25, 0.3) is 32.7 Å². The van der Waals surface area contributed by atoms with Gasteiger partial charge in [-0.25, -0.2) is 0 Å². The van der Waals surface area contributed by atoms with Gasteiger partial charge in [0, 0.05) is 0 Å². The van der Waals surface area contributed by atoms with E-state index in [1.54, 1.807) is 0 Å². The van der Waals surface area contributed by atoms with E-state index in [1.807, 2.05) is 0 Å². The third-order valence-electron chi connectivity index (χ3n) is 3.87. The number of fused-ring (bicyclic) bond motifs is 2. The van der Waals surface area contributed by atoms with Gasteiger partial charge in [0.1, 0.15) is 0 Å². The van der Waals surface area contributed by atoms with Crippen molar-refractivity contribution in [2.75, 3.05) is 0 Å². The molecule has 0 aliphatic rings. The van der Waals surface area contributed by atoms with E-state index >= 15 is 0 Å². The lowest BCUT2D eigenvalue weighted by molar-refractivity contribution is 1.26. The Morgan fingerprint density at radius 3 is 1.23 bits per heavy atom. The summed E-state index contributed by atoms with van der Waals surface area (Å²) in [5.74, 6) is 8.00. The third kappa shape index (κ3) is 2.46. The maximum Gasteiger partial charge on any atom is -0.00992 e. The van der Waals surface area contributed by atoms with Crippen molar-refractivity contribution in [3.05, 3.63) is 84.9 Å². The highest BCUT2D eigenvalue weighted by Gasteiger charge is 2.06. The number of rotatable bonds is 1. The standard InChI is InChI=1S/C20H14.H4N2/c1-3-11-17-15(7-1)9-5-13-19(17)20-14-6-10-16-8-2-4-12-18(16)20;1-2/h1-14H;1-2H2. The Morgan fingerprint density at radius 2 is 0.773 bits per heavy atom. The first-order chi connectivity index (χ1) is 10.9. The first-order valence-electron chi connectivity index (χ1n) is 7.23. The molecule has 0 radical (unpaired) electrons. The van der Waals surface area contributed by atoms with Crippen LogP contribution in [0.1, 0.15) is 0 Å². The van der Waals surface area contributed by atoms with Crippen LogP contribution in [-0.2, 0) is 0 Å². The van der Waals surface area contributed by atoms with Crippen molar-refractivity contribution in [1.82, 2.24) is 0 Å². The molecule has 0 aliphatic heterocycles. The molecule has 0 heterocycles. The van der Waals surface area contributed by atoms with E-state index in [9.17, 15) is 0 Å². The van der Waals surface area contributed by atoms with Crippen LogP contribution in [0, 0.1) is 0 Å². The van der Waals surface area contributed by atoms with Gasteiger partial charge < -0.3 is 0 Å². The molecule has 0 aromatic heterocycles. The molecule has 0 saturated carbocycles. The fourth-order valence-electron chi connectivity index (χ4n) is 2.92. The Labute approximate surface area is 130 Å². The topological polar surface area (TPSA) is 52.0 Å². The van der Waals surface area contributed by atoms with Crippen molar-refractivity contribution in [3.8, 4) is 11.1 Å². The Morgan fingerprint density at radius 1 is 0.409 bits per heavy atom. The molecule has 4 aromatic carbocycles. The van der Waals surface area contributed by atoms with Crippen molar-refractivity contribution in [2.24, 2.45) is 11.7 Å². The number of nitrogens with two attached hydrogens (primary N) is 2. The Kier molecular flexibility index (Phi) is 4.15. The quantitative estimate of drug-likeness (QED) is 0.400. The molecule has 0 spiro atoms. The zero-order valence-electron chi connectivity index (χ0n) is 12.2. The van der Waals surface area contributed by atoms with Gasteiger partial charge >= 0.3 is 0 Å². The van der Waals surface area contributed by atoms with Gasteiger partial charge in [0.15, 0.2) is 0 Å². The molecule has 0 saturated heterocycles. The van der Waals surface area contributed by atoms with E-state index in [0.717, 1.165) is 0 Å². The second-order valence-corrected chi connectivity index (χ2v) is 5.05. The first kappa shape index (κ1) is 14.3. The highest BCUT2D eigenvalue weighted by Crippen LogP contribution is 2.33. The molecule has 4 N–H and O–H groups in total. The van der Waals surface area contributed by atoms with E-state index < -0.39 is 0 Å². The van der Waals surface area contributed by atoms with Crippen molar-refractivity contribution in [3.63, 3.8) is 0 Å². The summed E-state index contributed by atoms with van der Waals surface area (Å²) >= 11 is 0. The van der Waals surface area contributed by atoms with E-state index in [1.165, 1.54) is 32.7 Å². The van der Waals surface area contributed by atoms with E-state index in [2.05, 4.69) is 96.6 Å². The average Bonchev–Trinajstić information content (AvgIpc) is 2.62. The first-order valence-corrected chi connectivity index (χ1v) is 7.23. The summed E-state index contributed by atoms with van der Waals surface area (Å²) in [7, 11) is 0. The van der Waals surface area contributed by atoms with Gasteiger partial charge in [-0.2, -0.15) is 0 Å². The molecule has 22 heavy (non-hydrogen) atoms. The lowest BCUT2D eigenvalue weighted by Crippen LogP contribution is -2.02. The maximum absolute atomic E-state index is 4.00. The zero-order chi connectivity index (χ0) is 15.4. The van der Waals surface area contributed by atoms with Gasteiger partial charge in [-0.05, 0) is 32.7 Å². The summed E-state index contributed by atoms with van der Waals surface area (Å²) in [4.78, 5) is 0. The van der Waals surface area contributed by atoms with Gasteiger partial charge in [0.25, 0.3) is 0 Å². The van der Waals surface area contributed by atoms with E-state index in [0.29, 0.717) is 0 Å². The van der Waals surface area contributed by atoms with Crippen LogP contribution in [0.4, 0.5) is 0 Å². The zero-order valence-corrected chi connectivity index (χ0v) is 12.2. The number of hydrogen-bond donors (Lipinski definition) is 2. The monoisotopic (exact) mass is 286 g/mol. The molecular weight excluding hydrogens is 268 g/mol. The highest BCUT2D eigenvalue weighted by molar-refractivity contribution is 6.05. The van der Waals surface area contributed by atoms with Crippen LogP contribution < -0.4 is 11.7 Å². The smallest absolute Gasteiger partial charge is 0.00992 e. The van der Waals surface area contributed by atoms with Crippen molar-refractivity contribution in [2.45, 2.75) is 0 Å². The predicted octanol–water partition coefficient (Wildman–Crippen LogP) is 4.48. The van der Waals surface area contributed by atoms with Crippen molar-refractivity contribution >= 4 is 21.5 Å². The van der Waals surface area contributed by atoms with Gasteiger partial charge in [0.05, 0.1) is 0 Å².